The molecule has 64 heavy (non-hydrogen) atoms. The van der Waals surface area contributed by atoms with E-state index in [-0.39, 0.29) is 0 Å². The zero-order valence-corrected chi connectivity index (χ0v) is 35.9. The van der Waals surface area contributed by atoms with Crippen LogP contribution in [0.15, 0.2) is 247 Å². The van der Waals surface area contributed by atoms with Gasteiger partial charge in [0.2, 0.25) is 0 Å². The van der Waals surface area contributed by atoms with Gasteiger partial charge in [0.1, 0.15) is 11.2 Å². The predicted molar refractivity (Wildman–Crippen MR) is 271 cm³/mol. The molecule has 0 N–H and O–H groups in total. The van der Waals surface area contributed by atoms with Crippen molar-refractivity contribution < 1.29 is 4.42 Å². The molecule has 0 radical (unpaired) electrons. The first-order valence-corrected chi connectivity index (χ1v) is 24.0. The molecule has 0 atom stereocenters. The summed E-state index contributed by atoms with van der Waals surface area (Å²) in [4.78, 5) is 0. The van der Waals surface area contributed by atoms with E-state index < -0.39 is 8.07 Å². The molecule has 13 aromatic rings. The Bertz CT molecular complexity index is 3790. The summed E-state index contributed by atoms with van der Waals surface area (Å²) < 4.78 is 11.9. The number of aromatic nitrogens is 2. The van der Waals surface area contributed by atoms with Crippen LogP contribution in [0.2, 0.25) is 0 Å². The van der Waals surface area contributed by atoms with E-state index in [4.69, 9.17) is 4.42 Å². The quantitative estimate of drug-likeness (QED) is 0.116. The van der Waals surface area contributed by atoms with Crippen LogP contribution >= 0.6 is 0 Å². The second-order valence-corrected chi connectivity index (χ2v) is 20.6. The number of nitrogens with zero attached hydrogens (tertiary/aromatic N) is 2. The van der Waals surface area contributed by atoms with Gasteiger partial charge in [-0.2, -0.15) is 0 Å². The van der Waals surface area contributed by atoms with Crippen LogP contribution in [0.3, 0.4) is 0 Å². The maximum absolute atomic E-state index is 6.99. The number of rotatable bonds is 7. The van der Waals surface area contributed by atoms with E-state index in [9.17, 15) is 0 Å². The van der Waals surface area contributed by atoms with Crippen molar-refractivity contribution in [2.75, 3.05) is 0 Å². The third-order valence-electron chi connectivity index (χ3n) is 13.5. The van der Waals surface area contributed by atoms with Crippen LogP contribution in [0.1, 0.15) is 0 Å². The van der Waals surface area contributed by atoms with E-state index >= 15 is 0 Å². The normalized spacial score (nSPS) is 12.1. The van der Waals surface area contributed by atoms with Crippen LogP contribution < -0.4 is 20.7 Å². The lowest BCUT2D eigenvalue weighted by molar-refractivity contribution is 0.669. The number of fused-ring (bicyclic) bond motifs is 9. The molecule has 0 unspecified atom stereocenters. The summed E-state index contributed by atoms with van der Waals surface area (Å²) >= 11 is 0. The van der Waals surface area contributed by atoms with Crippen LogP contribution in [0.25, 0.3) is 88.1 Å². The average molecular weight is 833 g/mol. The average Bonchev–Trinajstić information content (AvgIpc) is 4.03. The number of hydrogen-bond acceptors (Lipinski definition) is 1. The minimum absolute atomic E-state index is 0.879. The Morgan fingerprint density at radius 2 is 0.766 bits per heavy atom. The van der Waals surface area contributed by atoms with E-state index in [0.717, 1.165) is 44.3 Å². The van der Waals surface area contributed by atoms with Gasteiger partial charge >= 0.3 is 0 Å². The minimum atomic E-state index is -3.04. The van der Waals surface area contributed by atoms with Gasteiger partial charge in [0.15, 0.2) is 8.07 Å². The Morgan fingerprint density at radius 3 is 1.39 bits per heavy atom. The first-order valence-electron chi connectivity index (χ1n) is 22.0. The van der Waals surface area contributed by atoms with E-state index in [1.165, 1.54) is 64.5 Å². The lowest BCUT2D eigenvalue weighted by Crippen LogP contribution is -2.74. The van der Waals surface area contributed by atoms with Gasteiger partial charge in [-0.05, 0) is 86.5 Å². The molecule has 0 aliphatic heterocycles. The van der Waals surface area contributed by atoms with Crippen molar-refractivity contribution in [2.45, 2.75) is 0 Å². The molecule has 4 heteroatoms. The highest BCUT2D eigenvalue weighted by molar-refractivity contribution is 7.20. The standard InChI is InChI=1S/C60H40N2OSi/c1-4-18-41(19-5-1)42-32-35-46(36-33-42)64(44-20-6-2-7-21-44,45-22-8-3-9-23-45)47-39-57(60-51-27-13-17-31-58(51)63-59(60)40-47)62-55-30-16-12-26-50(55)52-38-43(34-37-56(52)62)61-53-28-14-10-24-48(53)49-25-11-15-29-54(49)61/h1-40H. The van der Waals surface area contributed by atoms with Crippen LogP contribution in [0, 0.1) is 0 Å². The molecular formula is C60H40N2OSi. The van der Waals surface area contributed by atoms with Gasteiger partial charge in [-0.15, -0.1) is 0 Å². The summed E-state index contributed by atoms with van der Waals surface area (Å²) in [7, 11) is -3.04. The molecule has 0 spiro atoms. The summed E-state index contributed by atoms with van der Waals surface area (Å²) in [6, 6.07) is 89.2. The first-order chi connectivity index (χ1) is 31.8. The van der Waals surface area contributed by atoms with Gasteiger partial charge < -0.3 is 13.6 Å². The van der Waals surface area contributed by atoms with Crippen molar-refractivity contribution in [3.05, 3.63) is 243 Å². The molecule has 0 bridgehead atoms. The molecule has 0 aliphatic rings. The summed E-state index contributed by atoms with van der Waals surface area (Å²) in [6.45, 7) is 0. The third-order valence-corrected chi connectivity index (χ3v) is 18.2. The molecule has 0 amide bonds. The van der Waals surface area contributed by atoms with E-state index in [2.05, 4.69) is 252 Å². The van der Waals surface area contributed by atoms with Crippen LogP contribution in [-0.2, 0) is 0 Å². The Balaban J connectivity index is 1.13. The second-order valence-electron chi connectivity index (χ2n) is 16.8. The lowest BCUT2D eigenvalue weighted by Gasteiger charge is -2.35. The molecule has 13 rings (SSSR count). The summed E-state index contributed by atoms with van der Waals surface area (Å²) in [5.74, 6) is 0. The minimum Gasteiger partial charge on any atom is -0.456 e. The second kappa shape index (κ2) is 14.5. The molecule has 10 aromatic carbocycles. The Kier molecular flexibility index (Phi) is 8.23. The largest absolute Gasteiger partial charge is 0.456 e. The summed E-state index contributed by atoms with van der Waals surface area (Å²) in [6.07, 6.45) is 0. The van der Waals surface area contributed by atoms with Gasteiger partial charge in [-0.1, -0.05) is 188 Å². The number of furan rings is 1. The SMILES string of the molecule is c1ccc(-c2ccc([Si](c3ccccc3)(c3ccccc3)c3cc(-n4c5ccccc5c5cc(-n6c7ccccc7c7ccccc76)ccc54)c4c(c3)oc3ccccc34)cc2)cc1. The third kappa shape index (κ3) is 5.39. The van der Waals surface area contributed by atoms with Crippen molar-refractivity contribution in [2.24, 2.45) is 0 Å². The van der Waals surface area contributed by atoms with Crippen molar-refractivity contribution in [1.82, 2.24) is 9.13 Å². The predicted octanol–water partition coefficient (Wildman–Crippen LogP) is 12.8. The van der Waals surface area contributed by atoms with E-state index in [1.807, 2.05) is 0 Å². The first kappa shape index (κ1) is 36.5. The molecule has 0 fully saturated rings. The van der Waals surface area contributed by atoms with Gasteiger partial charge in [-0.25, -0.2) is 0 Å². The smallest absolute Gasteiger partial charge is 0.179 e. The van der Waals surface area contributed by atoms with Crippen molar-refractivity contribution in [3.63, 3.8) is 0 Å². The van der Waals surface area contributed by atoms with Crippen LogP contribution in [-0.4, -0.2) is 17.2 Å². The zero-order valence-electron chi connectivity index (χ0n) is 34.9. The Morgan fingerprint density at radius 1 is 0.297 bits per heavy atom. The number of para-hydroxylation sites is 4. The van der Waals surface area contributed by atoms with E-state index in [0.29, 0.717) is 0 Å². The van der Waals surface area contributed by atoms with Gasteiger partial charge in [0.25, 0.3) is 0 Å². The molecular weight excluding hydrogens is 793 g/mol. The fourth-order valence-corrected chi connectivity index (χ4v) is 15.5. The zero-order chi connectivity index (χ0) is 42.2. The van der Waals surface area contributed by atoms with Gasteiger partial charge in [-0.3, -0.25) is 0 Å². The summed E-state index contributed by atoms with van der Waals surface area (Å²) in [5.41, 5.74) is 11.1. The van der Waals surface area contributed by atoms with E-state index in [1.54, 1.807) is 0 Å². The monoisotopic (exact) mass is 832 g/mol. The van der Waals surface area contributed by atoms with Crippen molar-refractivity contribution in [1.29, 1.82) is 0 Å². The fraction of sp³-hybridized carbons (Fsp3) is 0. The van der Waals surface area contributed by atoms with Crippen molar-refractivity contribution >= 4 is 94.4 Å². The van der Waals surface area contributed by atoms with Crippen LogP contribution in [0.5, 0.6) is 0 Å². The van der Waals surface area contributed by atoms with Crippen molar-refractivity contribution in [3.8, 4) is 22.5 Å². The fourth-order valence-electron chi connectivity index (χ4n) is 10.7. The summed E-state index contributed by atoms with van der Waals surface area (Å²) in [5, 5.41) is 12.3. The topological polar surface area (TPSA) is 23.0 Å². The Hall–Kier alpha value is -8.18. The molecule has 0 saturated carbocycles. The van der Waals surface area contributed by atoms with Gasteiger partial charge in [0.05, 0.1) is 33.1 Å². The maximum atomic E-state index is 6.99. The molecule has 3 aromatic heterocycles. The van der Waals surface area contributed by atoms with Crippen LogP contribution in [0.4, 0.5) is 0 Å². The maximum Gasteiger partial charge on any atom is 0.179 e. The Labute approximate surface area is 371 Å². The molecule has 3 heterocycles. The highest BCUT2D eigenvalue weighted by atomic mass is 28.3. The molecule has 0 aliphatic carbocycles. The molecule has 300 valence electrons. The van der Waals surface area contributed by atoms with Gasteiger partial charge in [0, 0.05) is 32.6 Å². The number of hydrogen-bond donors (Lipinski definition) is 0. The highest BCUT2D eigenvalue weighted by Gasteiger charge is 2.42. The molecule has 3 nitrogen and oxygen atoms in total. The number of benzene rings is 10. The lowest BCUT2D eigenvalue weighted by atomic mass is 10.1. The molecule has 0 saturated heterocycles. The highest BCUT2D eigenvalue weighted by Crippen LogP contribution is 2.40.